The van der Waals surface area contributed by atoms with Crippen LogP contribution in [0.4, 0.5) is 5.69 Å². The van der Waals surface area contributed by atoms with Crippen LogP contribution in [0.2, 0.25) is 5.02 Å². The van der Waals surface area contributed by atoms with E-state index in [1.807, 2.05) is 54.3 Å². The van der Waals surface area contributed by atoms with Crippen LogP contribution < -0.4 is 10.2 Å². The monoisotopic (exact) mass is 453 g/mol. The zero-order valence-electron chi connectivity index (χ0n) is 18.2. The van der Waals surface area contributed by atoms with Crippen LogP contribution in [0.25, 0.3) is 0 Å². The molecule has 32 heavy (non-hydrogen) atoms. The highest BCUT2D eigenvalue weighted by Gasteiger charge is 2.38. The lowest BCUT2D eigenvalue weighted by atomic mass is 9.94. The van der Waals surface area contributed by atoms with Crippen molar-refractivity contribution in [2.45, 2.75) is 32.7 Å². The van der Waals surface area contributed by atoms with Gasteiger partial charge in [-0.2, -0.15) is 0 Å². The molecule has 6 nitrogen and oxygen atoms in total. The predicted molar refractivity (Wildman–Crippen MR) is 124 cm³/mol. The summed E-state index contributed by atoms with van der Waals surface area (Å²) in [5.41, 5.74) is 2.86. The van der Waals surface area contributed by atoms with E-state index in [1.165, 1.54) is 0 Å². The number of benzene rings is 2. The molecular weight excluding hydrogens is 426 g/mol. The van der Waals surface area contributed by atoms with Crippen LogP contribution in [-0.4, -0.2) is 42.3 Å². The second-order valence-electron chi connectivity index (χ2n) is 8.65. The topological polar surface area (TPSA) is 69.7 Å². The van der Waals surface area contributed by atoms with Gasteiger partial charge in [-0.1, -0.05) is 47.5 Å². The lowest BCUT2D eigenvalue weighted by Crippen LogP contribution is -2.45. The molecule has 4 rings (SSSR count). The van der Waals surface area contributed by atoms with Gasteiger partial charge in [0.25, 0.3) is 0 Å². The van der Waals surface area contributed by atoms with Gasteiger partial charge in [-0.25, -0.2) is 0 Å². The Balaban J connectivity index is 1.27. The quantitative estimate of drug-likeness (QED) is 0.752. The van der Waals surface area contributed by atoms with Crippen molar-refractivity contribution in [3.63, 3.8) is 0 Å². The van der Waals surface area contributed by atoms with E-state index in [-0.39, 0.29) is 36.0 Å². The molecule has 2 fully saturated rings. The molecule has 1 unspecified atom stereocenters. The fraction of sp³-hybridized carbons (Fsp3) is 0.400. The number of carbonyl (C=O) groups is 3. The predicted octanol–water partition coefficient (Wildman–Crippen LogP) is 3.56. The van der Waals surface area contributed by atoms with E-state index in [1.54, 1.807) is 11.0 Å². The second-order valence-corrected chi connectivity index (χ2v) is 9.06. The van der Waals surface area contributed by atoms with Gasteiger partial charge in [0.1, 0.15) is 0 Å². The van der Waals surface area contributed by atoms with Gasteiger partial charge in [0, 0.05) is 49.2 Å². The van der Waals surface area contributed by atoms with Crippen LogP contribution in [-0.2, 0) is 20.9 Å². The summed E-state index contributed by atoms with van der Waals surface area (Å²) >= 11 is 6.15. The summed E-state index contributed by atoms with van der Waals surface area (Å²) in [5.74, 6) is -0.437. The summed E-state index contributed by atoms with van der Waals surface area (Å²) in [4.78, 5) is 41.6. The first-order chi connectivity index (χ1) is 15.4. The Morgan fingerprint density at radius 2 is 1.72 bits per heavy atom. The van der Waals surface area contributed by atoms with E-state index >= 15 is 0 Å². The van der Waals surface area contributed by atoms with Crippen LogP contribution in [0.1, 0.15) is 30.4 Å². The lowest BCUT2D eigenvalue weighted by Gasteiger charge is -2.33. The molecule has 168 valence electrons. The third-order valence-corrected chi connectivity index (χ3v) is 6.78. The minimum absolute atomic E-state index is 0.00129. The van der Waals surface area contributed by atoms with E-state index in [0.29, 0.717) is 44.0 Å². The summed E-state index contributed by atoms with van der Waals surface area (Å²) in [6, 6.07) is 15.2. The highest BCUT2D eigenvalue weighted by atomic mass is 35.5. The molecule has 2 aliphatic heterocycles. The van der Waals surface area contributed by atoms with Gasteiger partial charge in [-0.05, 0) is 43.5 Å². The smallest absolute Gasteiger partial charge is 0.228 e. The van der Waals surface area contributed by atoms with E-state index in [2.05, 4.69) is 5.32 Å². The van der Waals surface area contributed by atoms with E-state index in [9.17, 15) is 14.4 Å². The number of halogens is 1. The largest absolute Gasteiger partial charge is 0.352 e. The van der Waals surface area contributed by atoms with Gasteiger partial charge in [0.2, 0.25) is 17.7 Å². The number of aryl methyl sites for hydroxylation is 1. The normalized spacial score (nSPS) is 19.3. The molecule has 7 heteroatoms. The average molecular weight is 454 g/mol. The van der Waals surface area contributed by atoms with Crippen LogP contribution >= 0.6 is 11.6 Å². The number of rotatable bonds is 5. The van der Waals surface area contributed by atoms with Gasteiger partial charge in [0.15, 0.2) is 0 Å². The molecule has 0 saturated carbocycles. The molecule has 0 spiro atoms. The van der Waals surface area contributed by atoms with E-state index in [0.717, 1.165) is 16.8 Å². The number of hydrogen-bond acceptors (Lipinski definition) is 3. The molecule has 2 heterocycles. The van der Waals surface area contributed by atoms with Crippen LogP contribution in [0, 0.1) is 18.8 Å². The van der Waals surface area contributed by atoms with Gasteiger partial charge < -0.3 is 15.1 Å². The molecule has 2 aromatic rings. The standard InChI is InChI=1S/C25H28ClN3O3/c1-17-6-8-21(9-7-17)29-16-20(14-23(29)30)25(32)28-12-10-18(11-13-28)24(31)27-15-19-4-2-3-5-22(19)26/h2-9,18,20H,10-16H2,1H3,(H,27,31). The molecule has 2 aromatic carbocycles. The number of piperidine rings is 1. The summed E-state index contributed by atoms with van der Waals surface area (Å²) < 4.78 is 0. The maximum Gasteiger partial charge on any atom is 0.228 e. The maximum atomic E-state index is 13.0. The number of nitrogens with zero attached hydrogens (tertiary/aromatic N) is 2. The van der Waals surface area contributed by atoms with E-state index < -0.39 is 0 Å². The number of likely N-dealkylation sites (tertiary alicyclic amines) is 1. The first-order valence-corrected chi connectivity index (χ1v) is 11.5. The van der Waals surface area contributed by atoms with Gasteiger partial charge in [0.05, 0.1) is 5.92 Å². The first-order valence-electron chi connectivity index (χ1n) is 11.1. The lowest BCUT2D eigenvalue weighted by molar-refractivity contribution is -0.139. The molecule has 1 atom stereocenters. The van der Waals surface area contributed by atoms with Gasteiger partial charge in [-0.3, -0.25) is 14.4 Å². The summed E-state index contributed by atoms with van der Waals surface area (Å²) in [6.45, 7) is 3.90. The second kappa shape index (κ2) is 9.74. The fourth-order valence-corrected chi connectivity index (χ4v) is 4.64. The third kappa shape index (κ3) is 4.96. The third-order valence-electron chi connectivity index (χ3n) is 6.41. The first kappa shape index (κ1) is 22.3. The molecule has 1 N–H and O–H groups in total. The molecule has 0 radical (unpaired) electrons. The van der Waals surface area contributed by atoms with Crippen molar-refractivity contribution < 1.29 is 14.4 Å². The Morgan fingerprint density at radius 1 is 1.03 bits per heavy atom. The molecule has 3 amide bonds. The zero-order valence-corrected chi connectivity index (χ0v) is 19.0. The number of carbonyl (C=O) groups excluding carboxylic acids is 3. The van der Waals surface area contributed by atoms with Gasteiger partial charge >= 0.3 is 0 Å². The van der Waals surface area contributed by atoms with Crippen molar-refractivity contribution in [2.75, 3.05) is 24.5 Å². The Labute approximate surface area is 193 Å². The Bertz CT molecular complexity index is 1000. The molecule has 2 saturated heterocycles. The van der Waals surface area contributed by atoms with Crippen molar-refractivity contribution in [1.29, 1.82) is 0 Å². The van der Waals surface area contributed by atoms with E-state index in [4.69, 9.17) is 11.6 Å². The van der Waals surface area contributed by atoms with Crippen molar-refractivity contribution in [3.05, 3.63) is 64.7 Å². The van der Waals surface area contributed by atoms with Crippen molar-refractivity contribution in [3.8, 4) is 0 Å². The van der Waals surface area contributed by atoms with Crippen LogP contribution in [0.3, 0.4) is 0 Å². The van der Waals surface area contributed by atoms with Gasteiger partial charge in [-0.15, -0.1) is 0 Å². The summed E-state index contributed by atoms with van der Waals surface area (Å²) in [6.07, 6.45) is 1.50. The van der Waals surface area contributed by atoms with Crippen LogP contribution in [0.15, 0.2) is 48.5 Å². The highest BCUT2D eigenvalue weighted by molar-refractivity contribution is 6.31. The minimum Gasteiger partial charge on any atom is -0.352 e. The maximum absolute atomic E-state index is 13.0. The van der Waals surface area contributed by atoms with Crippen molar-refractivity contribution in [1.82, 2.24) is 10.2 Å². The summed E-state index contributed by atoms with van der Waals surface area (Å²) in [5, 5.41) is 3.60. The Kier molecular flexibility index (Phi) is 6.80. The SMILES string of the molecule is Cc1ccc(N2CC(C(=O)N3CCC(C(=O)NCc4ccccc4Cl)CC3)CC2=O)cc1. The minimum atomic E-state index is -0.325. The Hall–Kier alpha value is -2.86. The summed E-state index contributed by atoms with van der Waals surface area (Å²) in [7, 11) is 0. The molecule has 2 aliphatic rings. The van der Waals surface area contributed by atoms with Crippen molar-refractivity contribution in [2.24, 2.45) is 11.8 Å². The zero-order chi connectivity index (χ0) is 22.7. The molecule has 0 aliphatic carbocycles. The molecule has 0 bridgehead atoms. The highest BCUT2D eigenvalue weighted by Crippen LogP contribution is 2.28. The average Bonchev–Trinajstić information content (AvgIpc) is 3.20. The number of nitrogens with one attached hydrogen (secondary N) is 1. The number of hydrogen-bond donors (Lipinski definition) is 1. The Morgan fingerprint density at radius 3 is 2.41 bits per heavy atom. The number of amides is 3. The number of anilines is 1. The van der Waals surface area contributed by atoms with Crippen LogP contribution in [0.5, 0.6) is 0 Å². The molecular formula is C25H28ClN3O3. The van der Waals surface area contributed by atoms with Crippen molar-refractivity contribution >= 4 is 35.0 Å². The molecule has 0 aromatic heterocycles. The fourth-order valence-electron chi connectivity index (χ4n) is 4.44.